The highest BCUT2D eigenvalue weighted by atomic mass is 35.5. The normalized spacial score (nSPS) is 26.4. The number of halogens is 1. The Hall–Kier alpha value is -1.63. The molecule has 0 bridgehead atoms. The summed E-state index contributed by atoms with van der Waals surface area (Å²) in [7, 11) is -3.65. The number of allylic oxidation sites excluding steroid dienone is 2. The SMILES string of the molecule is CC1(S(=O)(=O)n2ncc3ccccc32)C=CC=C(C2CCNC2)C1.Cl. The second-order valence-corrected chi connectivity index (χ2v) is 9.06. The van der Waals surface area contributed by atoms with Gasteiger partial charge >= 0.3 is 0 Å². The number of nitrogens with zero attached hydrogens (tertiary/aromatic N) is 2. The van der Waals surface area contributed by atoms with Crippen molar-refractivity contribution in [2.24, 2.45) is 5.92 Å². The molecular weight excluding hydrogens is 358 g/mol. The fraction of sp³-hybridized carbons (Fsp3) is 0.389. The maximum atomic E-state index is 13.4. The molecule has 0 amide bonds. The highest BCUT2D eigenvalue weighted by Crippen LogP contribution is 2.37. The van der Waals surface area contributed by atoms with Gasteiger partial charge in [0.1, 0.15) is 4.75 Å². The fourth-order valence-corrected chi connectivity index (χ4v) is 5.26. The molecule has 25 heavy (non-hydrogen) atoms. The number of nitrogens with one attached hydrogen (secondary N) is 1. The highest BCUT2D eigenvalue weighted by Gasteiger charge is 2.42. The summed E-state index contributed by atoms with van der Waals surface area (Å²) in [4.78, 5) is 0. The van der Waals surface area contributed by atoms with Crippen molar-refractivity contribution in [3.63, 3.8) is 0 Å². The molecule has 0 spiro atoms. The summed E-state index contributed by atoms with van der Waals surface area (Å²) >= 11 is 0. The molecular formula is C18H22ClN3O2S. The Kier molecular flexibility index (Phi) is 4.79. The van der Waals surface area contributed by atoms with E-state index >= 15 is 0 Å². The van der Waals surface area contributed by atoms with Crippen LogP contribution in [0, 0.1) is 5.92 Å². The van der Waals surface area contributed by atoms with E-state index in [9.17, 15) is 8.42 Å². The summed E-state index contributed by atoms with van der Waals surface area (Å²) in [6.45, 7) is 3.73. The van der Waals surface area contributed by atoms with Crippen molar-refractivity contribution in [1.29, 1.82) is 0 Å². The molecule has 1 aromatic heterocycles. The average Bonchev–Trinajstić information content (AvgIpc) is 3.24. The predicted molar refractivity (Wildman–Crippen MR) is 103 cm³/mol. The van der Waals surface area contributed by atoms with Crippen LogP contribution in [-0.2, 0) is 10.0 Å². The number of fused-ring (bicyclic) bond motifs is 1. The van der Waals surface area contributed by atoms with Crippen LogP contribution in [0.4, 0.5) is 0 Å². The van der Waals surface area contributed by atoms with Crippen molar-refractivity contribution in [3.8, 4) is 0 Å². The lowest BCUT2D eigenvalue weighted by atomic mass is 9.86. The van der Waals surface area contributed by atoms with Crippen molar-refractivity contribution < 1.29 is 8.42 Å². The Morgan fingerprint density at radius 3 is 2.88 bits per heavy atom. The zero-order valence-corrected chi connectivity index (χ0v) is 15.7. The maximum absolute atomic E-state index is 13.4. The zero-order chi connectivity index (χ0) is 16.8. The smallest absolute Gasteiger partial charge is 0.263 e. The Balaban J connectivity index is 0.00000182. The summed E-state index contributed by atoms with van der Waals surface area (Å²) in [5, 5.41) is 8.36. The Morgan fingerprint density at radius 2 is 2.12 bits per heavy atom. The van der Waals surface area contributed by atoms with Gasteiger partial charge in [0, 0.05) is 11.9 Å². The lowest BCUT2D eigenvalue weighted by Crippen LogP contribution is -2.40. The van der Waals surface area contributed by atoms with E-state index in [0.29, 0.717) is 17.9 Å². The number of rotatable bonds is 3. The third-order valence-electron chi connectivity index (χ3n) is 5.16. The third kappa shape index (κ3) is 2.92. The van der Waals surface area contributed by atoms with Crippen LogP contribution >= 0.6 is 12.4 Å². The van der Waals surface area contributed by atoms with Crippen LogP contribution in [-0.4, -0.2) is 35.4 Å². The number of hydrogen-bond acceptors (Lipinski definition) is 4. The lowest BCUT2D eigenvalue weighted by molar-refractivity contribution is 0.530. The monoisotopic (exact) mass is 379 g/mol. The first-order chi connectivity index (χ1) is 11.5. The maximum Gasteiger partial charge on any atom is 0.263 e. The molecule has 1 N–H and O–H groups in total. The molecule has 2 aliphatic rings. The van der Waals surface area contributed by atoms with Crippen molar-refractivity contribution in [3.05, 3.63) is 54.3 Å². The highest BCUT2D eigenvalue weighted by molar-refractivity contribution is 7.91. The van der Waals surface area contributed by atoms with E-state index in [1.165, 1.54) is 9.66 Å². The predicted octanol–water partition coefficient (Wildman–Crippen LogP) is 2.89. The van der Waals surface area contributed by atoms with Gasteiger partial charge in [-0.1, -0.05) is 42.0 Å². The van der Waals surface area contributed by atoms with Crippen LogP contribution < -0.4 is 5.32 Å². The van der Waals surface area contributed by atoms with Crippen molar-refractivity contribution in [2.75, 3.05) is 13.1 Å². The van der Waals surface area contributed by atoms with Crippen LogP contribution in [0.15, 0.2) is 54.3 Å². The summed E-state index contributed by atoms with van der Waals surface area (Å²) in [6, 6.07) is 7.40. The first-order valence-electron chi connectivity index (χ1n) is 8.28. The van der Waals surface area contributed by atoms with Gasteiger partial charge in [0.2, 0.25) is 0 Å². The lowest BCUT2D eigenvalue weighted by Gasteiger charge is -2.31. The molecule has 4 rings (SSSR count). The molecule has 0 saturated carbocycles. The second-order valence-electron chi connectivity index (χ2n) is 6.83. The minimum absolute atomic E-state index is 0. The van der Waals surface area contributed by atoms with Gasteiger partial charge in [-0.25, -0.2) is 8.42 Å². The Bertz CT molecular complexity index is 942. The van der Waals surface area contributed by atoms with Gasteiger partial charge in [-0.15, -0.1) is 12.4 Å². The van der Waals surface area contributed by atoms with Crippen LogP contribution in [0.1, 0.15) is 19.8 Å². The minimum Gasteiger partial charge on any atom is -0.316 e. The van der Waals surface area contributed by atoms with E-state index in [2.05, 4.69) is 16.5 Å². The molecule has 134 valence electrons. The second kappa shape index (κ2) is 6.59. The first-order valence-corrected chi connectivity index (χ1v) is 9.72. The summed E-state index contributed by atoms with van der Waals surface area (Å²) in [5.41, 5.74) is 1.84. The Labute approximate surface area is 154 Å². The van der Waals surface area contributed by atoms with Crippen LogP contribution in [0.5, 0.6) is 0 Å². The molecule has 2 atom stereocenters. The molecule has 2 unspecified atom stereocenters. The van der Waals surface area contributed by atoms with Crippen LogP contribution in [0.2, 0.25) is 0 Å². The van der Waals surface area contributed by atoms with Crippen molar-refractivity contribution in [2.45, 2.75) is 24.5 Å². The fourth-order valence-electron chi connectivity index (χ4n) is 3.66. The van der Waals surface area contributed by atoms with E-state index in [1.807, 2.05) is 24.3 Å². The zero-order valence-electron chi connectivity index (χ0n) is 14.1. The van der Waals surface area contributed by atoms with Gasteiger partial charge in [0.25, 0.3) is 10.0 Å². The molecule has 5 nitrogen and oxygen atoms in total. The van der Waals surface area contributed by atoms with Crippen LogP contribution in [0.25, 0.3) is 10.9 Å². The number of para-hydroxylation sites is 1. The van der Waals surface area contributed by atoms with Gasteiger partial charge in [-0.2, -0.15) is 9.19 Å². The van der Waals surface area contributed by atoms with Gasteiger partial charge in [0.15, 0.2) is 0 Å². The van der Waals surface area contributed by atoms with E-state index < -0.39 is 14.8 Å². The van der Waals surface area contributed by atoms with E-state index in [4.69, 9.17) is 0 Å². The number of aromatic nitrogens is 2. The molecule has 2 aromatic rings. The molecule has 1 aliphatic carbocycles. The van der Waals surface area contributed by atoms with Crippen molar-refractivity contribution >= 4 is 33.3 Å². The van der Waals surface area contributed by atoms with Crippen molar-refractivity contribution in [1.82, 2.24) is 14.5 Å². The van der Waals surface area contributed by atoms with Crippen LogP contribution in [0.3, 0.4) is 0 Å². The number of hydrogen-bond donors (Lipinski definition) is 1. The largest absolute Gasteiger partial charge is 0.316 e. The van der Waals surface area contributed by atoms with Gasteiger partial charge < -0.3 is 5.32 Å². The topological polar surface area (TPSA) is 64.0 Å². The Morgan fingerprint density at radius 1 is 1.32 bits per heavy atom. The molecule has 2 heterocycles. The van der Waals surface area contributed by atoms with E-state index in [1.54, 1.807) is 25.3 Å². The van der Waals surface area contributed by atoms with Gasteiger partial charge in [-0.05, 0) is 38.3 Å². The summed E-state index contributed by atoms with van der Waals surface area (Å²) in [6.07, 6.45) is 8.97. The van der Waals surface area contributed by atoms with E-state index in [0.717, 1.165) is 24.9 Å². The summed E-state index contributed by atoms with van der Waals surface area (Å²) < 4.78 is 26.9. The van der Waals surface area contributed by atoms with E-state index in [-0.39, 0.29) is 12.4 Å². The first kappa shape index (κ1) is 18.2. The summed E-state index contributed by atoms with van der Waals surface area (Å²) in [5.74, 6) is 0.429. The van der Waals surface area contributed by atoms with Gasteiger partial charge in [-0.3, -0.25) is 0 Å². The molecule has 1 saturated heterocycles. The molecule has 1 aliphatic heterocycles. The number of benzene rings is 1. The molecule has 7 heteroatoms. The third-order valence-corrected chi connectivity index (χ3v) is 7.37. The van der Waals surface area contributed by atoms with Gasteiger partial charge in [0.05, 0.1) is 11.7 Å². The average molecular weight is 380 g/mol. The molecule has 1 aromatic carbocycles. The molecule has 0 radical (unpaired) electrons. The quantitative estimate of drug-likeness (QED) is 0.890. The molecule has 1 fully saturated rings. The standard InChI is InChI=1S/C18H21N3O2S.ClH/c1-18(9-4-6-14(11-18)15-8-10-19-12-15)24(22,23)21-17-7-3-2-5-16(17)13-20-21;/h2-7,9,13,15,19H,8,10-12H2,1H3;1H. The minimum atomic E-state index is -3.65.